The second kappa shape index (κ2) is 27.9. The molecule has 6 heteroatoms. The molecule has 0 rings (SSSR count). The lowest BCUT2D eigenvalue weighted by molar-refractivity contribution is -0.138. The van der Waals surface area contributed by atoms with E-state index in [1.54, 1.807) is 0 Å². The van der Waals surface area contributed by atoms with E-state index in [9.17, 15) is 9.59 Å². The van der Waals surface area contributed by atoms with Crippen LogP contribution in [0, 0.1) is 0 Å². The summed E-state index contributed by atoms with van der Waals surface area (Å²) in [6.45, 7) is 2.27. The molecule has 0 fully saturated rings. The van der Waals surface area contributed by atoms with Gasteiger partial charge in [-0.1, -0.05) is 110 Å². The first-order chi connectivity index (χ1) is 15.4. The van der Waals surface area contributed by atoms with E-state index in [0.717, 1.165) is 51.4 Å². The van der Waals surface area contributed by atoms with Gasteiger partial charge in [0.05, 0.1) is 0 Å². The smallest absolute Gasteiger partial charge is 0.303 e. The second-order valence-corrected chi connectivity index (χ2v) is 8.92. The van der Waals surface area contributed by atoms with Crippen molar-refractivity contribution in [3.63, 3.8) is 0 Å². The molecule has 32 heavy (non-hydrogen) atoms. The molecule has 6 nitrogen and oxygen atoms in total. The molecule has 0 amide bonds. The summed E-state index contributed by atoms with van der Waals surface area (Å²) in [5.74, 6) is -1.48. The molecule has 0 aliphatic carbocycles. The number of hydrogen-bond acceptors (Lipinski definition) is 4. The average Bonchev–Trinajstić information content (AvgIpc) is 2.73. The summed E-state index contributed by atoms with van der Waals surface area (Å²) < 4.78 is 0. The van der Waals surface area contributed by atoms with Crippen LogP contribution in [0.2, 0.25) is 0 Å². The van der Waals surface area contributed by atoms with E-state index in [1.165, 1.54) is 70.6 Å². The van der Waals surface area contributed by atoms with Gasteiger partial charge in [0, 0.05) is 12.8 Å². The lowest BCUT2D eigenvalue weighted by Crippen LogP contribution is -2.02. The highest BCUT2D eigenvalue weighted by molar-refractivity contribution is 5.66. The van der Waals surface area contributed by atoms with Crippen LogP contribution in [-0.2, 0) is 9.59 Å². The summed E-state index contributed by atoms with van der Waals surface area (Å²) in [7, 11) is 0. The lowest BCUT2D eigenvalue weighted by Gasteiger charge is -2.04. The summed E-state index contributed by atoms with van der Waals surface area (Å²) in [4.78, 5) is 20.3. The van der Waals surface area contributed by atoms with Gasteiger partial charge in [-0.15, -0.1) is 0 Å². The van der Waals surface area contributed by atoms with E-state index in [4.69, 9.17) is 20.4 Å². The highest BCUT2D eigenvalue weighted by Crippen LogP contribution is 2.13. The van der Waals surface area contributed by atoms with Gasteiger partial charge in [0.1, 0.15) is 0 Å². The van der Waals surface area contributed by atoms with Gasteiger partial charge in [-0.3, -0.25) is 9.59 Å². The van der Waals surface area contributed by atoms with E-state index in [1.807, 2.05) is 0 Å². The molecule has 0 saturated heterocycles. The van der Waals surface area contributed by atoms with Crippen LogP contribution in [0.4, 0.5) is 0 Å². The molecule has 0 aliphatic rings. The molecule has 0 aromatic heterocycles. The zero-order valence-electron chi connectivity index (χ0n) is 20.7. The Morgan fingerprint density at radius 3 is 1.06 bits per heavy atom. The fourth-order valence-electron chi connectivity index (χ4n) is 3.60. The van der Waals surface area contributed by atoms with Crippen LogP contribution in [0.5, 0.6) is 0 Å². The first-order valence-corrected chi connectivity index (χ1v) is 13.2. The molecule has 192 valence electrons. The highest BCUT2D eigenvalue weighted by atomic mass is 16.5. The zero-order valence-corrected chi connectivity index (χ0v) is 20.7. The van der Waals surface area contributed by atoms with Crippen LogP contribution in [-0.4, -0.2) is 38.7 Å². The molecular weight excluding hydrogens is 408 g/mol. The third kappa shape index (κ3) is 36.2. The average molecular weight is 461 g/mol. The fraction of sp³-hybridized carbons (Fsp3) is 0.923. The Kier molecular flexibility index (Phi) is 28.8. The molecule has 4 N–H and O–H groups in total. The Bertz CT molecular complexity index is 378. The van der Waals surface area contributed by atoms with E-state index in [0.29, 0.717) is 6.42 Å². The van der Waals surface area contributed by atoms with Gasteiger partial charge in [-0.2, -0.15) is 0 Å². The predicted molar refractivity (Wildman–Crippen MR) is 131 cm³/mol. The SMILES string of the molecule is CCCCCCCCCCCCCCCC(O)O.O=C(O)CCCCCCCCC(=O)O. The van der Waals surface area contributed by atoms with Crippen LogP contribution in [0.3, 0.4) is 0 Å². The van der Waals surface area contributed by atoms with E-state index in [2.05, 4.69) is 6.92 Å². The van der Waals surface area contributed by atoms with Gasteiger partial charge in [0.2, 0.25) is 0 Å². The maximum atomic E-state index is 10.1. The summed E-state index contributed by atoms with van der Waals surface area (Å²) in [6, 6.07) is 0. The van der Waals surface area contributed by atoms with Crippen molar-refractivity contribution < 1.29 is 30.0 Å². The van der Waals surface area contributed by atoms with Crippen LogP contribution in [0.15, 0.2) is 0 Å². The van der Waals surface area contributed by atoms with Crippen LogP contribution in [0.25, 0.3) is 0 Å². The Morgan fingerprint density at radius 2 is 0.781 bits per heavy atom. The van der Waals surface area contributed by atoms with Crippen molar-refractivity contribution in [2.75, 3.05) is 0 Å². The third-order valence-electron chi connectivity index (χ3n) is 5.60. The summed E-state index contributed by atoms with van der Waals surface area (Å²) >= 11 is 0. The minimum absolute atomic E-state index is 0.245. The van der Waals surface area contributed by atoms with Gasteiger partial charge < -0.3 is 20.4 Å². The number of aliphatic hydroxyl groups is 2. The molecule has 0 atom stereocenters. The molecule has 0 aromatic carbocycles. The molecule has 0 aromatic rings. The minimum atomic E-state index is -1.10. The Morgan fingerprint density at radius 1 is 0.500 bits per heavy atom. The van der Waals surface area contributed by atoms with Crippen molar-refractivity contribution in [2.24, 2.45) is 0 Å². The molecule has 0 unspecified atom stereocenters. The number of unbranched alkanes of at least 4 members (excludes halogenated alkanes) is 17. The van der Waals surface area contributed by atoms with Gasteiger partial charge >= 0.3 is 11.9 Å². The normalized spacial score (nSPS) is 10.8. The van der Waals surface area contributed by atoms with Gasteiger partial charge in [-0.05, 0) is 25.7 Å². The molecule has 0 bridgehead atoms. The van der Waals surface area contributed by atoms with E-state index >= 15 is 0 Å². The summed E-state index contributed by atoms with van der Waals surface area (Å²) in [5.41, 5.74) is 0. The maximum Gasteiger partial charge on any atom is 0.303 e. The first kappa shape index (κ1) is 33.0. The van der Waals surface area contributed by atoms with Crippen molar-refractivity contribution in [1.82, 2.24) is 0 Å². The molecule has 0 spiro atoms. The van der Waals surface area contributed by atoms with E-state index in [-0.39, 0.29) is 12.8 Å². The van der Waals surface area contributed by atoms with Crippen molar-refractivity contribution in [2.45, 2.75) is 154 Å². The van der Waals surface area contributed by atoms with Crippen molar-refractivity contribution in [3.05, 3.63) is 0 Å². The van der Waals surface area contributed by atoms with Gasteiger partial charge in [0.25, 0.3) is 0 Å². The largest absolute Gasteiger partial charge is 0.481 e. The number of aliphatic carboxylic acids is 2. The van der Waals surface area contributed by atoms with Crippen molar-refractivity contribution >= 4 is 11.9 Å². The number of aliphatic hydroxyl groups excluding tert-OH is 1. The standard InChI is InChI=1S/C16H34O2.C10H18O4/c1-2-3-4-5-6-7-8-9-10-11-12-13-14-15-16(17)18;11-9(12)7-5-3-1-2-4-6-8-10(13)14/h16-18H,2-15H2,1H3;1-8H2,(H,11,12)(H,13,14). The van der Waals surface area contributed by atoms with Gasteiger partial charge in [0.15, 0.2) is 6.29 Å². The Hall–Kier alpha value is -1.14. The monoisotopic (exact) mass is 460 g/mol. The van der Waals surface area contributed by atoms with Gasteiger partial charge in [-0.25, -0.2) is 0 Å². The molecule has 0 heterocycles. The lowest BCUT2D eigenvalue weighted by atomic mass is 10.0. The third-order valence-corrected chi connectivity index (χ3v) is 5.60. The molecule has 0 saturated carbocycles. The minimum Gasteiger partial charge on any atom is -0.481 e. The topological polar surface area (TPSA) is 115 Å². The number of carboxylic acids is 2. The summed E-state index contributed by atoms with van der Waals surface area (Å²) in [6.07, 6.45) is 22.5. The van der Waals surface area contributed by atoms with Crippen LogP contribution >= 0.6 is 0 Å². The van der Waals surface area contributed by atoms with Crippen LogP contribution < -0.4 is 0 Å². The zero-order chi connectivity index (χ0) is 24.3. The Labute approximate surface area is 196 Å². The molecule has 0 radical (unpaired) electrons. The number of hydrogen-bond donors (Lipinski definition) is 4. The second-order valence-electron chi connectivity index (χ2n) is 8.92. The Balaban J connectivity index is 0. The van der Waals surface area contributed by atoms with E-state index < -0.39 is 18.2 Å². The predicted octanol–water partition coefficient (Wildman–Crippen LogP) is 7.05. The quantitative estimate of drug-likeness (QED) is 0.0958. The van der Waals surface area contributed by atoms with Crippen molar-refractivity contribution in [1.29, 1.82) is 0 Å². The summed E-state index contributed by atoms with van der Waals surface area (Å²) in [5, 5.41) is 34.1. The molecule has 0 aliphatic heterocycles. The highest BCUT2D eigenvalue weighted by Gasteiger charge is 1.99. The fourth-order valence-corrected chi connectivity index (χ4v) is 3.60. The maximum absolute atomic E-state index is 10.1. The number of carbonyl (C=O) groups is 2. The first-order valence-electron chi connectivity index (χ1n) is 13.2. The van der Waals surface area contributed by atoms with Crippen molar-refractivity contribution in [3.8, 4) is 0 Å². The molecular formula is C26H52O6. The van der Waals surface area contributed by atoms with Crippen LogP contribution in [0.1, 0.15) is 148 Å². The number of rotatable bonds is 23. The number of carboxylic acid groups (broad SMARTS) is 2.